The number of carbonyl (C=O) groups excluding carboxylic acids is 2. The summed E-state index contributed by atoms with van der Waals surface area (Å²) in [4.78, 5) is 37.9. The Labute approximate surface area is 510 Å². The zero-order valence-corrected chi connectivity index (χ0v) is 54.5. The number of phosphoric acid groups is 1. The summed E-state index contributed by atoms with van der Waals surface area (Å²) in [5.41, 5.74) is 0. The molecule has 0 amide bonds. The molecule has 0 aliphatic carbocycles. The summed E-state index contributed by atoms with van der Waals surface area (Å²) in [6.07, 6.45) is 92.0. The highest BCUT2D eigenvalue weighted by Gasteiger charge is 2.22. The van der Waals surface area contributed by atoms with Crippen LogP contribution >= 0.6 is 7.82 Å². The van der Waals surface area contributed by atoms with Gasteiger partial charge in [-0.2, -0.15) is 0 Å². The van der Waals surface area contributed by atoms with E-state index in [0.29, 0.717) is 17.4 Å². The van der Waals surface area contributed by atoms with E-state index in [4.69, 9.17) is 18.5 Å². The average molecular weight is 1170 g/mol. The molecule has 0 saturated carbocycles. The summed E-state index contributed by atoms with van der Waals surface area (Å²) in [5, 5.41) is 0. The first kappa shape index (κ1) is 78.9. The van der Waals surface area contributed by atoms with E-state index in [2.05, 4.69) is 160 Å². The number of phosphoric ester groups is 1. The number of carbonyl (C=O) groups is 2. The number of allylic oxidation sites excluding steroid dienone is 24. The number of unbranched alkanes of at least 4 members (excludes halogenated alkanes) is 21. The van der Waals surface area contributed by atoms with Crippen molar-refractivity contribution in [3.05, 3.63) is 146 Å². The van der Waals surface area contributed by atoms with Crippen LogP contribution in [0, 0.1) is 0 Å². The zero-order valence-electron chi connectivity index (χ0n) is 53.6. The van der Waals surface area contributed by atoms with Gasteiger partial charge < -0.3 is 27.9 Å². The Morgan fingerprint density at radius 3 is 1.02 bits per heavy atom. The smallest absolute Gasteiger partial charge is 0.306 e. The minimum atomic E-state index is -4.65. The Kier molecular flexibility index (Phi) is 59.3. The molecule has 83 heavy (non-hydrogen) atoms. The third-order valence-electron chi connectivity index (χ3n) is 13.6. The van der Waals surface area contributed by atoms with E-state index in [1.807, 2.05) is 21.1 Å². The van der Waals surface area contributed by atoms with E-state index in [1.54, 1.807) is 0 Å². The lowest BCUT2D eigenvalue weighted by molar-refractivity contribution is -0.870. The van der Waals surface area contributed by atoms with Crippen LogP contribution < -0.4 is 4.89 Å². The number of quaternary nitrogens is 1. The lowest BCUT2D eigenvalue weighted by Gasteiger charge is -2.28. The number of likely N-dealkylation sites (N-methyl/N-ethyl adjacent to an activating group) is 1. The number of nitrogens with zero attached hydrogens (tertiary/aromatic N) is 1. The van der Waals surface area contributed by atoms with Crippen molar-refractivity contribution in [1.82, 2.24) is 0 Å². The van der Waals surface area contributed by atoms with Gasteiger partial charge in [0.05, 0.1) is 27.7 Å². The van der Waals surface area contributed by atoms with Gasteiger partial charge in [0.15, 0.2) is 6.10 Å². The fourth-order valence-electron chi connectivity index (χ4n) is 8.58. The fraction of sp³-hybridized carbons (Fsp3) is 0.644. The molecule has 0 aliphatic heterocycles. The van der Waals surface area contributed by atoms with Gasteiger partial charge in [0, 0.05) is 12.8 Å². The molecule has 0 aromatic heterocycles. The molecule has 0 radical (unpaired) electrons. The molecule has 0 bridgehead atoms. The van der Waals surface area contributed by atoms with Crippen LogP contribution in [0.25, 0.3) is 0 Å². The number of ether oxygens (including phenoxy) is 2. The number of rotatable bonds is 59. The van der Waals surface area contributed by atoms with E-state index < -0.39 is 32.5 Å². The maximum atomic E-state index is 12.8. The second-order valence-corrected chi connectivity index (χ2v) is 24.2. The highest BCUT2D eigenvalue weighted by Crippen LogP contribution is 2.38. The van der Waals surface area contributed by atoms with Crippen LogP contribution in [0.5, 0.6) is 0 Å². The molecule has 0 heterocycles. The van der Waals surface area contributed by atoms with Gasteiger partial charge in [0.1, 0.15) is 19.8 Å². The van der Waals surface area contributed by atoms with Crippen molar-refractivity contribution in [2.75, 3.05) is 47.5 Å². The Morgan fingerprint density at radius 1 is 0.386 bits per heavy atom. The lowest BCUT2D eigenvalue weighted by Crippen LogP contribution is -2.37. The van der Waals surface area contributed by atoms with Crippen LogP contribution in [-0.2, 0) is 32.7 Å². The van der Waals surface area contributed by atoms with Gasteiger partial charge in [0.2, 0.25) is 0 Å². The molecule has 2 unspecified atom stereocenters. The normalized spacial score (nSPS) is 14.1. The molecular formula is C73H122NO8P. The van der Waals surface area contributed by atoms with Gasteiger partial charge in [-0.05, 0) is 103 Å². The third kappa shape index (κ3) is 66.9. The third-order valence-corrected chi connectivity index (χ3v) is 14.6. The number of hydrogen-bond acceptors (Lipinski definition) is 8. The van der Waals surface area contributed by atoms with Crippen molar-refractivity contribution in [3.8, 4) is 0 Å². The van der Waals surface area contributed by atoms with E-state index in [1.165, 1.54) is 96.3 Å². The van der Waals surface area contributed by atoms with Gasteiger partial charge in [-0.25, -0.2) is 0 Å². The maximum Gasteiger partial charge on any atom is 0.306 e. The second-order valence-electron chi connectivity index (χ2n) is 22.8. The molecule has 0 aromatic carbocycles. The average Bonchev–Trinajstić information content (AvgIpc) is 3.48. The first-order chi connectivity index (χ1) is 40.5. The molecule has 0 aliphatic rings. The van der Waals surface area contributed by atoms with Crippen molar-refractivity contribution < 1.29 is 42.1 Å². The lowest BCUT2D eigenvalue weighted by atomic mass is 10.0. The van der Waals surface area contributed by atoms with Crippen molar-refractivity contribution in [1.29, 1.82) is 0 Å². The zero-order chi connectivity index (χ0) is 60.5. The van der Waals surface area contributed by atoms with E-state index >= 15 is 0 Å². The van der Waals surface area contributed by atoms with Crippen LogP contribution in [0.4, 0.5) is 0 Å². The predicted octanol–water partition coefficient (Wildman–Crippen LogP) is 20.8. The highest BCUT2D eigenvalue weighted by atomic mass is 31.2. The Bertz CT molecular complexity index is 1910. The van der Waals surface area contributed by atoms with Crippen molar-refractivity contribution in [2.45, 2.75) is 258 Å². The van der Waals surface area contributed by atoms with Gasteiger partial charge in [-0.1, -0.05) is 282 Å². The molecular weight excluding hydrogens is 1050 g/mol. The SMILES string of the molecule is CC/C=C\C/C=C\C/C=C\C/C=C\C/C=C\C/C=C\C/C=C\C/C=C\C/C=C\C/C=C\C/C=C\C/C=C\CCCCCCC(=O)OC(COC(=O)CCCCCCCCCCCCCCCCCCCC)COP(=O)([O-])OCC[N+](C)(C)C. The summed E-state index contributed by atoms with van der Waals surface area (Å²) in [6.45, 7) is 4.10. The number of esters is 2. The molecule has 0 spiro atoms. The Hall–Kier alpha value is -4.11. The van der Waals surface area contributed by atoms with Gasteiger partial charge in [-0.15, -0.1) is 0 Å². The first-order valence-corrected chi connectivity index (χ1v) is 34.5. The fourth-order valence-corrected chi connectivity index (χ4v) is 9.31. The summed E-state index contributed by atoms with van der Waals surface area (Å²) in [6, 6.07) is 0. The van der Waals surface area contributed by atoms with Crippen molar-refractivity contribution in [2.24, 2.45) is 0 Å². The molecule has 0 rings (SSSR count). The predicted molar refractivity (Wildman–Crippen MR) is 355 cm³/mol. The maximum absolute atomic E-state index is 12.8. The Morgan fingerprint density at radius 2 is 0.687 bits per heavy atom. The molecule has 0 fully saturated rings. The van der Waals surface area contributed by atoms with E-state index in [-0.39, 0.29) is 26.1 Å². The van der Waals surface area contributed by atoms with Crippen LogP contribution in [0.15, 0.2) is 146 Å². The number of hydrogen-bond donors (Lipinski definition) is 0. The van der Waals surface area contributed by atoms with Gasteiger partial charge >= 0.3 is 11.9 Å². The van der Waals surface area contributed by atoms with E-state index in [0.717, 1.165) is 122 Å². The summed E-state index contributed by atoms with van der Waals surface area (Å²) in [7, 11) is 1.14. The van der Waals surface area contributed by atoms with Crippen LogP contribution in [0.1, 0.15) is 251 Å². The summed E-state index contributed by atoms with van der Waals surface area (Å²) >= 11 is 0. The summed E-state index contributed by atoms with van der Waals surface area (Å²) in [5.74, 6) is -0.865. The quantitative estimate of drug-likeness (QED) is 0.0195. The van der Waals surface area contributed by atoms with Crippen LogP contribution in [0.2, 0.25) is 0 Å². The molecule has 10 heteroatoms. The van der Waals surface area contributed by atoms with Crippen LogP contribution in [-0.4, -0.2) is 70.0 Å². The molecule has 0 aromatic rings. The minimum Gasteiger partial charge on any atom is -0.756 e. The van der Waals surface area contributed by atoms with Gasteiger partial charge in [-0.3, -0.25) is 14.2 Å². The monoisotopic (exact) mass is 1170 g/mol. The largest absolute Gasteiger partial charge is 0.756 e. The molecule has 9 nitrogen and oxygen atoms in total. The van der Waals surface area contributed by atoms with E-state index in [9.17, 15) is 19.0 Å². The van der Waals surface area contributed by atoms with Crippen LogP contribution in [0.3, 0.4) is 0 Å². The standard InChI is InChI=1S/C73H122NO8P/c1-6-8-10-12-14-16-18-20-22-24-26-27-28-29-30-31-32-33-34-35-36-37-38-39-40-41-42-43-44-45-46-47-48-50-52-54-56-58-60-62-64-66-73(76)82-71(70-81-83(77,78)80-68-67-74(3,4)5)69-79-72(75)65-63-61-59-57-55-53-51-49-25-23-21-19-17-15-13-11-9-7-2/h8,10,14,16,20,22,26-27,29-30,32-33,35-36,38-39,41-42,44-45,47-48,52,54,71H,6-7,9,11-13,15,17-19,21,23-25,28,31,34,37,40,43,46,49-51,53,55-70H2,1-5H3/b10-8-,16-14-,22-20-,27-26-,30-29-,33-32-,36-35-,39-38-,42-41-,45-44-,48-47-,54-52-. The second kappa shape index (κ2) is 62.4. The molecule has 2 atom stereocenters. The molecule has 0 saturated heterocycles. The Balaban J connectivity index is 4.18. The highest BCUT2D eigenvalue weighted by molar-refractivity contribution is 7.45. The molecule has 0 N–H and O–H groups in total. The molecule has 472 valence electrons. The van der Waals surface area contributed by atoms with Crippen molar-refractivity contribution in [3.63, 3.8) is 0 Å². The minimum absolute atomic E-state index is 0.0420. The van der Waals surface area contributed by atoms with Gasteiger partial charge in [0.25, 0.3) is 7.82 Å². The summed E-state index contributed by atoms with van der Waals surface area (Å²) < 4.78 is 34.2. The topological polar surface area (TPSA) is 111 Å². The van der Waals surface area contributed by atoms with Crippen molar-refractivity contribution >= 4 is 19.8 Å². The first-order valence-electron chi connectivity index (χ1n) is 33.0.